The number of alkyl halides is 1. The highest BCUT2D eigenvalue weighted by molar-refractivity contribution is 6.30. The molecule has 0 saturated carbocycles. The number of aromatic nitrogens is 2. The topological polar surface area (TPSA) is 56.1 Å². The summed E-state index contributed by atoms with van der Waals surface area (Å²) in [6, 6.07) is 8.00. The molecule has 2 aromatic rings. The van der Waals surface area contributed by atoms with Gasteiger partial charge < -0.3 is 10.1 Å². The monoisotopic (exact) mass is 281 g/mol. The zero-order chi connectivity index (χ0) is 13.8. The van der Waals surface area contributed by atoms with E-state index in [1.165, 1.54) is 7.11 Å². The molecule has 0 aliphatic heterocycles. The van der Waals surface area contributed by atoms with Crippen LogP contribution in [-0.2, 0) is 23.1 Å². The van der Waals surface area contributed by atoms with E-state index in [1.807, 2.05) is 36.0 Å². The molecule has 19 heavy (non-hydrogen) atoms. The number of hydrogen-bond acceptors (Lipinski definition) is 4. The van der Waals surface area contributed by atoms with Crippen molar-refractivity contribution >= 4 is 28.5 Å². The van der Waals surface area contributed by atoms with Crippen LogP contribution in [0.1, 0.15) is 5.69 Å². The minimum Gasteiger partial charge on any atom is -0.468 e. The molecule has 0 spiro atoms. The zero-order valence-electron chi connectivity index (χ0n) is 10.9. The Kier molecular flexibility index (Phi) is 4.39. The smallest absolute Gasteiger partial charge is 0.325 e. The molecule has 0 bridgehead atoms. The number of carbonyl (C=O) groups is 1. The average Bonchev–Trinajstić information content (AvgIpc) is 2.75. The van der Waals surface area contributed by atoms with Crippen LogP contribution in [0, 0.1) is 0 Å². The number of aryl methyl sites for hydroxylation is 1. The Hall–Kier alpha value is -1.59. The number of nitrogens with one attached hydrogen (secondary N) is 1. The molecule has 2 rings (SSSR count). The van der Waals surface area contributed by atoms with Crippen molar-refractivity contribution < 1.29 is 9.53 Å². The summed E-state index contributed by atoms with van der Waals surface area (Å²) >= 11 is 5.86. The summed E-state index contributed by atoms with van der Waals surface area (Å²) in [7, 11) is 3.23. The first-order valence-corrected chi connectivity index (χ1v) is 6.40. The second-order valence-corrected chi connectivity index (χ2v) is 4.74. The second kappa shape index (κ2) is 6.04. The first-order valence-electron chi connectivity index (χ1n) is 5.96. The maximum atomic E-state index is 11.2. The summed E-state index contributed by atoms with van der Waals surface area (Å²) in [5.41, 5.74) is 2.02. The third kappa shape index (κ3) is 3.05. The van der Waals surface area contributed by atoms with E-state index in [4.69, 9.17) is 11.6 Å². The molecule has 1 heterocycles. The van der Waals surface area contributed by atoms with Crippen molar-refractivity contribution in [2.75, 3.05) is 13.7 Å². The zero-order valence-corrected chi connectivity index (χ0v) is 11.6. The Morgan fingerprint density at radius 3 is 3.00 bits per heavy atom. The minimum absolute atomic E-state index is 0.346. The maximum Gasteiger partial charge on any atom is 0.325 e. The van der Waals surface area contributed by atoms with Crippen molar-refractivity contribution in [3.05, 3.63) is 30.0 Å². The third-order valence-electron chi connectivity index (χ3n) is 2.91. The molecule has 5 nitrogen and oxygen atoms in total. The van der Waals surface area contributed by atoms with Crippen LogP contribution in [0.4, 0.5) is 0 Å². The van der Waals surface area contributed by atoms with Crippen LogP contribution < -0.4 is 5.32 Å². The van der Waals surface area contributed by atoms with Crippen molar-refractivity contribution in [2.45, 2.75) is 11.9 Å². The lowest BCUT2D eigenvalue weighted by molar-refractivity contribution is -0.140. The van der Waals surface area contributed by atoms with Gasteiger partial charge in [-0.15, -0.1) is 11.6 Å². The van der Waals surface area contributed by atoms with Crippen LogP contribution in [0.3, 0.4) is 0 Å². The van der Waals surface area contributed by atoms with E-state index in [9.17, 15) is 4.79 Å². The fourth-order valence-corrected chi connectivity index (χ4v) is 2.15. The number of hydrogen-bond donors (Lipinski definition) is 1. The summed E-state index contributed by atoms with van der Waals surface area (Å²) in [4.78, 5) is 11.2. The van der Waals surface area contributed by atoms with Crippen molar-refractivity contribution in [3.8, 4) is 0 Å². The van der Waals surface area contributed by atoms with Crippen LogP contribution in [-0.4, -0.2) is 34.8 Å². The molecule has 1 aromatic heterocycles. The molecular formula is C13H16ClN3O2. The largest absolute Gasteiger partial charge is 0.468 e. The van der Waals surface area contributed by atoms with Gasteiger partial charge in [-0.05, 0) is 6.07 Å². The molecule has 0 aliphatic rings. The standard InChI is InChI=1S/C13H16ClN3O2/c1-17-12-6-4-3-5-9(12)11(16-17)8-15-7-10(14)13(18)19-2/h3-6,10,15H,7-8H2,1-2H3. The average molecular weight is 282 g/mol. The molecule has 0 fully saturated rings. The third-order valence-corrected chi connectivity index (χ3v) is 3.24. The van der Waals surface area contributed by atoms with Crippen LogP contribution in [0.5, 0.6) is 0 Å². The van der Waals surface area contributed by atoms with E-state index >= 15 is 0 Å². The van der Waals surface area contributed by atoms with E-state index in [2.05, 4.69) is 15.2 Å². The molecule has 0 amide bonds. The Labute approximate surface area is 116 Å². The highest BCUT2D eigenvalue weighted by atomic mass is 35.5. The second-order valence-electron chi connectivity index (χ2n) is 4.21. The molecule has 1 N–H and O–H groups in total. The summed E-state index contributed by atoms with van der Waals surface area (Å²) in [5, 5.41) is 7.98. The number of halogens is 1. The summed E-state index contributed by atoms with van der Waals surface area (Å²) < 4.78 is 6.40. The molecule has 1 aromatic carbocycles. The first-order chi connectivity index (χ1) is 9.13. The van der Waals surface area contributed by atoms with Gasteiger partial charge in [-0.1, -0.05) is 18.2 Å². The number of ether oxygens (including phenoxy) is 1. The maximum absolute atomic E-state index is 11.2. The van der Waals surface area contributed by atoms with Gasteiger partial charge in [-0.3, -0.25) is 9.48 Å². The lowest BCUT2D eigenvalue weighted by atomic mass is 10.2. The SMILES string of the molecule is COC(=O)C(Cl)CNCc1nn(C)c2ccccc12. The quantitative estimate of drug-likeness (QED) is 0.666. The van der Waals surface area contributed by atoms with Gasteiger partial charge in [0.25, 0.3) is 0 Å². The normalized spacial score (nSPS) is 12.6. The van der Waals surface area contributed by atoms with E-state index in [0.29, 0.717) is 13.1 Å². The van der Waals surface area contributed by atoms with E-state index in [0.717, 1.165) is 16.6 Å². The lowest BCUT2D eigenvalue weighted by Gasteiger charge is -2.07. The van der Waals surface area contributed by atoms with Crippen LogP contribution in [0.15, 0.2) is 24.3 Å². The number of esters is 1. The minimum atomic E-state index is -0.681. The fraction of sp³-hybridized carbons (Fsp3) is 0.385. The number of rotatable bonds is 5. The van der Waals surface area contributed by atoms with E-state index in [1.54, 1.807) is 0 Å². The summed E-state index contributed by atoms with van der Waals surface area (Å²) in [6.07, 6.45) is 0. The highest BCUT2D eigenvalue weighted by Gasteiger charge is 2.15. The molecule has 0 saturated heterocycles. The van der Waals surface area contributed by atoms with E-state index in [-0.39, 0.29) is 0 Å². The van der Waals surface area contributed by atoms with Crippen molar-refractivity contribution in [1.82, 2.24) is 15.1 Å². The molecule has 1 unspecified atom stereocenters. The number of fused-ring (bicyclic) bond motifs is 1. The molecule has 102 valence electrons. The number of para-hydroxylation sites is 1. The molecular weight excluding hydrogens is 266 g/mol. The van der Waals surface area contributed by atoms with Gasteiger partial charge in [-0.25, -0.2) is 0 Å². The predicted octanol–water partition coefficient (Wildman–Crippen LogP) is 1.44. The molecule has 0 aliphatic carbocycles. The summed E-state index contributed by atoms with van der Waals surface area (Å²) in [5.74, 6) is -0.431. The van der Waals surface area contributed by atoms with Crippen molar-refractivity contribution in [1.29, 1.82) is 0 Å². The number of methoxy groups -OCH3 is 1. The summed E-state index contributed by atoms with van der Waals surface area (Å²) in [6.45, 7) is 0.903. The van der Waals surface area contributed by atoms with Gasteiger partial charge in [0.05, 0.1) is 18.3 Å². The number of benzene rings is 1. The number of nitrogens with zero attached hydrogens (tertiary/aromatic N) is 2. The van der Waals surface area contributed by atoms with Crippen LogP contribution in [0.2, 0.25) is 0 Å². The van der Waals surface area contributed by atoms with Crippen molar-refractivity contribution in [3.63, 3.8) is 0 Å². The van der Waals surface area contributed by atoms with Gasteiger partial charge in [0, 0.05) is 25.5 Å². The van der Waals surface area contributed by atoms with Crippen LogP contribution >= 0.6 is 11.6 Å². The molecule has 0 radical (unpaired) electrons. The number of carbonyl (C=O) groups excluding carboxylic acids is 1. The fourth-order valence-electron chi connectivity index (χ4n) is 1.95. The Morgan fingerprint density at radius 1 is 1.53 bits per heavy atom. The van der Waals surface area contributed by atoms with Crippen molar-refractivity contribution in [2.24, 2.45) is 7.05 Å². The molecule has 6 heteroatoms. The van der Waals surface area contributed by atoms with Crippen LogP contribution in [0.25, 0.3) is 10.9 Å². The van der Waals surface area contributed by atoms with E-state index < -0.39 is 11.3 Å². The Bertz CT molecular complexity index is 582. The van der Waals surface area contributed by atoms with Gasteiger partial charge >= 0.3 is 5.97 Å². The predicted molar refractivity (Wildman–Crippen MR) is 74.1 cm³/mol. The Morgan fingerprint density at radius 2 is 2.26 bits per heavy atom. The van der Waals surface area contributed by atoms with Gasteiger partial charge in [0.1, 0.15) is 5.38 Å². The van der Waals surface area contributed by atoms with Gasteiger partial charge in [0.15, 0.2) is 0 Å². The first kappa shape index (κ1) is 13.8. The van der Waals surface area contributed by atoms with Gasteiger partial charge in [-0.2, -0.15) is 5.10 Å². The Balaban J connectivity index is 2.01. The molecule has 1 atom stereocenters. The van der Waals surface area contributed by atoms with Gasteiger partial charge in [0.2, 0.25) is 0 Å². The highest BCUT2D eigenvalue weighted by Crippen LogP contribution is 2.17. The lowest BCUT2D eigenvalue weighted by Crippen LogP contribution is -2.29.